The molecular formula is C13H22N4O2. The molecule has 0 bridgehead atoms. The van der Waals surface area contributed by atoms with Gasteiger partial charge in [-0.05, 0) is 20.8 Å². The van der Waals surface area contributed by atoms with Gasteiger partial charge in [-0.2, -0.15) is 0 Å². The maximum absolute atomic E-state index is 11.3. The highest BCUT2D eigenvalue weighted by Gasteiger charge is 2.14. The summed E-state index contributed by atoms with van der Waals surface area (Å²) < 4.78 is 5.10. The van der Waals surface area contributed by atoms with E-state index in [1.54, 1.807) is 12.4 Å². The lowest BCUT2D eigenvalue weighted by atomic mass is 10.2. The lowest BCUT2D eigenvalue weighted by Gasteiger charge is -2.19. The number of rotatable bonds is 6. The van der Waals surface area contributed by atoms with E-state index in [-0.39, 0.29) is 0 Å². The molecular weight excluding hydrogens is 244 g/mol. The van der Waals surface area contributed by atoms with Gasteiger partial charge in [-0.15, -0.1) is 0 Å². The van der Waals surface area contributed by atoms with Gasteiger partial charge >= 0.3 is 6.09 Å². The third-order valence-electron chi connectivity index (χ3n) is 2.04. The topological polar surface area (TPSA) is 79.0 Å². The number of carbonyl (C=O) groups excluding carboxylic acids is 1. The molecule has 1 aromatic rings. The highest BCUT2D eigenvalue weighted by atomic mass is 16.6. The zero-order chi connectivity index (χ0) is 14.1. The third-order valence-corrected chi connectivity index (χ3v) is 2.04. The van der Waals surface area contributed by atoms with Crippen molar-refractivity contribution in [2.45, 2.75) is 32.9 Å². The van der Waals surface area contributed by atoms with Gasteiger partial charge in [0, 0.05) is 25.5 Å². The van der Waals surface area contributed by atoms with Gasteiger partial charge in [0.2, 0.25) is 0 Å². The van der Waals surface area contributed by atoms with Crippen LogP contribution in [0.5, 0.6) is 0 Å². The Labute approximate surface area is 113 Å². The van der Waals surface area contributed by atoms with Crippen LogP contribution in [0.1, 0.15) is 26.6 Å². The SMILES string of the molecule is CC(C)(C)OC(=O)NC/C=C/CNCc1ncc[nH]1. The standard InChI is InChI=1S/C13H22N4O2/c1-13(2,3)19-12(18)17-7-5-4-6-14-10-11-15-8-9-16-11/h4-5,8-9,14H,6-7,10H2,1-3H3,(H,15,16)(H,17,18)/b5-4+. The van der Waals surface area contributed by atoms with Gasteiger partial charge in [-0.3, -0.25) is 0 Å². The summed E-state index contributed by atoms with van der Waals surface area (Å²) in [5.74, 6) is 0.903. The monoisotopic (exact) mass is 266 g/mol. The molecule has 0 aliphatic rings. The van der Waals surface area contributed by atoms with Gasteiger partial charge < -0.3 is 20.4 Å². The molecule has 0 saturated heterocycles. The summed E-state index contributed by atoms with van der Waals surface area (Å²) >= 11 is 0. The zero-order valence-electron chi connectivity index (χ0n) is 11.7. The van der Waals surface area contributed by atoms with E-state index in [0.29, 0.717) is 13.1 Å². The molecule has 6 nitrogen and oxygen atoms in total. The fourth-order valence-corrected chi connectivity index (χ4v) is 1.29. The number of hydrogen-bond donors (Lipinski definition) is 3. The highest BCUT2D eigenvalue weighted by Crippen LogP contribution is 2.05. The van der Waals surface area contributed by atoms with E-state index >= 15 is 0 Å². The number of aromatic amines is 1. The second-order valence-electron chi connectivity index (χ2n) is 5.02. The summed E-state index contributed by atoms with van der Waals surface area (Å²) in [6, 6.07) is 0. The van der Waals surface area contributed by atoms with Crippen molar-refractivity contribution in [1.29, 1.82) is 0 Å². The lowest BCUT2D eigenvalue weighted by molar-refractivity contribution is 0.0534. The fraction of sp³-hybridized carbons (Fsp3) is 0.538. The van der Waals surface area contributed by atoms with Crippen LogP contribution in [0.3, 0.4) is 0 Å². The Kier molecular flexibility index (Phi) is 6.08. The number of hydrogen-bond acceptors (Lipinski definition) is 4. The van der Waals surface area contributed by atoms with Gasteiger partial charge in [0.05, 0.1) is 6.54 Å². The first kappa shape index (κ1) is 15.2. The number of imidazole rings is 1. The first-order valence-corrected chi connectivity index (χ1v) is 6.28. The van der Waals surface area contributed by atoms with E-state index in [1.807, 2.05) is 32.9 Å². The molecule has 0 fully saturated rings. The molecule has 1 rings (SSSR count). The van der Waals surface area contributed by atoms with Crippen LogP contribution in [-0.2, 0) is 11.3 Å². The maximum atomic E-state index is 11.3. The number of carbonyl (C=O) groups is 1. The third kappa shape index (κ3) is 7.99. The second kappa shape index (κ2) is 7.58. The number of ether oxygens (including phenoxy) is 1. The van der Waals surface area contributed by atoms with Gasteiger partial charge in [-0.25, -0.2) is 9.78 Å². The minimum absolute atomic E-state index is 0.402. The number of H-pyrrole nitrogens is 1. The molecule has 19 heavy (non-hydrogen) atoms. The minimum Gasteiger partial charge on any atom is -0.444 e. The van der Waals surface area contributed by atoms with Crippen LogP contribution in [0.4, 0.5) is 4.79 Å². The van der Waals surface area contributed by atoms with Gasteiger partial charge in [0.15, 0.2) is 0 Å². The quantitative estimate of drug-likeness (QED) is 0.539. The van der Waals surface area contributed by atoms with Crippen LogP contribution in [0, 0.1) is 0 Å². The van der Waals surface area contributed by atoms with Crippen molar-refractivity contribution in [1.82, 2.24) is 20.6 Å². The van der Waals surface area contributed by atoms with Crippen molar-refractivity contribution in [3.63, 3.8) is 0 Å². The fourth-order valence-electron chi connectivity index (χ4n) is 1.29. The lowest BCUT2D eigenvalue weighted by Crippen LogP contribution is -2.32. The summed E-state index contributed by atoms with van der Waals surface area (Å²) in [5, 5.41) is 5.84. The van der Waals surface area contributed by atoms with Crippen molar-refractivity contribution in [2.75, 3.05) is 13.1 Å². The van der Waals surface area contributed by atoms with Gasteiger partial charge in [-0.1, -0.05) is 12.2 Å². The molecule has 0 radical (unpaired) electrons. The van der Waals surface area contributed by atoms with Gasteiger partial charge in [0.25, 0.3) is 0 Å². The average molecular weight is 266 g/mol. The molecule has 6 heteroatoms. The van der Waals surface area contributed by atoms with E-state index in [0.717, 1.165) is 12.4 Å². The number of nitrogens with zero attached hydrogens (tertiary/aromatic N) is 1. The Balaban J connectivity index is 2.03. The van der Waals surface area contributed by atoms with Crippen LogP contribution in [0.25, 0.3) is 0 Å². The number of nitrogens with one attached hydrogen (secondary N) is 3. The molecule has 0 aliphatic carbocycles. The van der Waals surface area contributed by atoms with E-state index in [9.17, 15) is 4.79 Å². The Morgan fingerprint density at radius 2 is 2.16 bits per heavy atom. The van der Waals surface area contributed by atoms with Crippen LogP contribution >= 0.6 is 0 Å². The summed E-state index contributed by atoms with van der Waals surface area (Å²) in [6.45, 7) is 7.37. The van der Waals surface area contributed by atoms with Crippen molar-refractivity contribution in [3.8, 4) is 0 Å². The normalized spacial score (nSPS) is 11.7. The molecule has 1 heterocycles. The van der Waals surface area contributed by atoms with Crippen LogP contribution < -0.4 is 10.6 Å². The molecule has 0 unspecified atom stereocenters. The van der Waals surface area contributed by atoms with E-state index in [4.69, 9.17) is 4.74 Å². The molecule has 0 atom stereocenters. The first-order chi connectivity index (χ1) is 8.97. The van der Waals surface area contributed by atoms with E-state index in [2.05, 4.69) is 20.6 Å². The van der Waals surface area contributed by atoms with E-state index in [1.165, 1.54) is 0 Å². The second-order valence-corrected chi connectivity index (χ2v) is 5.02. The zero-order valence-corrected chi connectivity index (χ0v) is 11.7. The summed E-state index contributed by atoms with van der Waals surface area (Å²) in [4.78, 5) is 18.4. The molecule has 106 valence electrons. The largest absolute Gasteiger partial charge is 0.444 e. The maximum Gasteiger partial charge on any atom is 0.407 e. The predicted octanol–water partition coefficient (Wildman–Crippen LogP) is 1.58. The van der Waals surface area contributed by atoms with Crippen molar-refractivity contribution >= 4 is 6.09 Å². The van der Waals surface area contributed by atoms with Crippen LogP contribution in [-0.4, -0.2) is 34.8 Å². The molecule has 0 saturated carbocycles. The van der Waals surface area contributed by atoms with Crippen LogP contribution in [0.2, 0.25) is 0 Å². The number of amides is 1. The summed E-state index contributed by atoms with van der Waals surface area (Å²) in [7, 11) is 0. The molecule has 0 aliphatic heterocycles. The van der Waals surface area contributed by atoms with Gasteiger partial charge in [0.1, 0.15) is 11.4 Å². The van der Waals surface area contributed by atoms with Crippen molar-refractivity contribution < 1.29 is 9.53 Å². The molecule has 1 aromatic heterocycles. The van der Waals surface area contributed by atoms with E-state index < -0.39 is 11.7 Å². The Bertz CT molecular complexity index is 393. The first-order valence-electron chi connectivity index (χ1n) is 6.28. The molecule has 0 spiro atoms. The molecule has 1 amide bonds. The number of alkyl carbamates (subject to hydrolysis) is 1. The Morgan fingerprint density at radius 3 is 2.79 bits per heavy atom. The Morgan fingerprint density at radius 1 is 1.42 bits per heavy atom. The Hall–Kier alpha value is -1.82. The molecule has 3 N–H and O–H groups in total. The highest BCUT2D eigenvalue weighted by molar-refractivity contribution is 5.67. The van der Waals surface area contributed by atoms with Crippen molar-refractivity contribution in [3.05, 3.63) is 30.4 Å². The number of aromatic nitrogens is 2. The summed E-state index contributed by atoms with van der Waals surface area (Å²) in [5.41, 5.74) is -0.460. The predicted molar refractivity (Wildman–Crippen MR) is 73.7 cm³/mol. The summed E-state index contributed by atoms with van der Waals surface area (Å²) in [6.07, 6.45) is 6.93. The minimum atomic E-state index is -0.460. The van der Waals surface area contributed by atoms with Crippen molar-refractivity contribution in [2.24, 2.45) is 0 Å². The molecule has 0 aromatic carbocycles. The average Bonchev–Trinajstić information content (AvgIpc) is 2.78. The van der Waals surface area contributed by atoms with Crippen LogP contribution in [0.15, 0.2) is 24.5 Å². The smallest absolute Gasteiger partial charge is 0.407 e.